The van der Waals surface area contributed by atoms with E-state index in [0.29, 0.717) is 19.4 Å². The fourth-order valence-corrected chi connectivity index (χ4v) is 5.56. The van der Waals surface area contributed by atoms with Gasteiger partial charge in [-0.15, -0.1) is 0 Å². The molecule has 0 saturated carbocycles. The van der Waals surface area contributed by atoms with E-state index in [9.17, 15) is 21.6 Å². The van der Waals surface area contributed by atoms with Crippen molar-refractivity contribution in [1.29, 1.82) is 0 Å². The van der Waals surface area contributed by atoms with E-state index in [1.165, 1.54) is 23.5 Å². The van der Waals surface area contributed by atoms with Crippen LogP contribution in [-0.4, -0.2) is 52.4 Å². The number of carbonyl (C=O) groups is 1. The van der Waals surface area contributed by atoms with Crippen molar-refractivity contribution in [3.63, 3.8) is 0 Å². The Morgan fingerprint density at radius 1 is 1.15 bits per heavy atom. The zero-order chi connectivity index (χ0) is 20.1. The van der Waals surface area contributed by atoms with Crippen LogP contribution in [0.15, 0.2) is 29.2 Å². The van der Waals surface area contributed by atoms with Crippen molar-refractivity contribution in [1.82, 2.24) is 14.3 Å². The molecule has 2 rings (SSSR count). The molecular formula is C17H27N3O5S2. The van der Waals surface area contributed by atoms with Crippen LogP contribution >= 0.6 is 0 Å². The minimum Gasteiger partial charge on any atom is -0.351 e. The van der Waals surface area contributed by atoms with Crippen molar-refractivity contribution in [3.8, 4) is 0 Å². The number of hydrogen-bond donors (Lipinski definition) is 2. The first-order valence-electron chi connectivity index (χ1n) is 9.01. The third kappa shape index (κ3) is 5.50. The molecule has 1 aromatic rings. The van der Waals surface area contributed by atoms with Crippen molar-refractivity contribution in [2.75, 3.05) is 19.3 Å². The first kappa shape index (κ1) is 21.8. The lowest BCUT2D eigenvalue weighted by molar-refractivity contribution is -0.125. The molecule has 0 aromatic heterocycles. The first-order chi connectivity index (χ1) is 12.7. The number of piperidine rings is 1. The van der Waals surface area contributed by atoms with Gasteiger partial charge in [-0.05, 0) is 44.0 Å². The summed E-state index contributed by atoms with van der Waals surface area (Å²) in [4.78, 5) is 12.7. The van der Waals surface area contributed by atoms with Crippen LogP contribution in [0, 0.1) is 0 Å². The van der Waals surface area contributed by atoms with Crippen LogP contribution in [0.4, 0.5) is 0 Å². The average Bonchev–Trinajstić information content (AvgIpc) is 2.66. The second kappa shape index (κ2) is 9.13. The van der Waals surface area contributed by atoms with Gasteiger partial charge in [-0.2, -0.15) is 4.31 Å². The number of amides is 1. The molecule has 1 aromatic carbocycles. The van der Waals surface area contributed by atoms with Crippen LogP contribution in [0.2, 0.25) is 0 Å². The van der Waals surface area contributed by atoms with E-state index in [-0.39, 0.29) is 23.1 Å². The van der Waals surface area contributed by atoms with Crippen molar-refractivity contribution < 1.29 is 21.6 Å². The van der Waals surface area contributed by atoms with E-state index >= 15 is 0 Å². The number of nitrogens with one attached hydrogen (secondary N) is 2. The second-order valence-electron chi connectivity index (χ2n) is 6.51. The molecule has 1 amide bonds. The van der Waals surface area contributed by atoms with Gasteiger partial charge in [0.05, 0.1) is 10.6 Å². The smallest absolute Gasteiger partial charge is 0.240 e. The molecule has 152 valence electrons. The molecule has 2 N–H and O–H groups in total. The van der Waals surface area contributed by atoms with Crippen LogP contribution in [-0.2, 0) is 31.4 Å². The molecule has 1 fully saturated rings. The van der Waals surface area contributed by atoms with Gasteiger partial charge in [-0.25, -0.2) is 21.6 Å². The van der Waals surface area contributed by atoms with Gasteiger partial charge in [-0.1, -0.05) is 25.5 Å². The Labute approximate surface area is 161 Å². The predicted octanol–water partition coefficient (Wildman–Crippen LogP) is 0.805. The van der Waals surface area contributed by atoms with E-state index in [4.69, 9.17) is 0 Å². The van der Waals surface area contributed by atoms with Crippen LogP contribution < -0.4 is 10.0 Å². The highest BCUT2D eigenvalue weighted by Gasteiger charge is 2.35. The second-order valence-corrected chi connectivity index (χ2v) is 10.4. The highest BCUT2D eigenvalue weighted by molar-refractivity contribution is 7.89. The Morgan fingerprint density at radius 3 is 2.41 bits per heavy atom. The molecule has 1 aliphatic heterocycles. The van der Waals surface area contributed by atoms with Gasteiger partial charge in [0.1, 0.15) is 6.04 Å². The highest BCUT2D eigenvalue weighted by atomic mass is 32.2. The van der Waals surface area contributed by atoms with E-state index in [0.717, 1.165) is 18.4 Å². The third-order valence-corrected chi connectivity index (χ3v) is 8.05. The average molecular weight is 418 g/mol. The SMILES string of the molecule is CCCS(=O)(=O)N1CCCCC1C(=O)NCc1ccc(S(=O)(=O)NC)cc1. The van der Waals surface area contributed by atoms with Crippen molar-refractivity contribution >= 4 is 26.0 Å². The van der Waals surface area contributed by atoms with E-state index in [1.807, 2.05) is 0 Å². The Hall–Kier alpha value is -1.49. The molecule has 27 heavy (non-hydrogen) atoms. The number of carbonyl (C=O) groups excluding carboxylic acids is 1. The van der Waals surface area contributed by atoms with Crippen molar-refractivity contribution in [2.45, 2.75) is 50.1 Å². The maximum atomic E-state index is 12.6. The molecule has 1 aliphatic rings. The Morgan fingerprint density at radius 2 is 1.81 bits per heavy atom. The maximum absolute atomic E-state index is 12.6. The molecule has 1 unspecified atom stereocenters. The Balaban J connectivity index is 2.03. The van der Waals surface area contributed by atoms with Gasteiger partial charge in [0.25, 0.3) is 0 Å². The van der Waals surface area contributed by atoms with Crippen LogP contribution in [0.1, 0.15) is 38.2 Å². The van der Waals surface area contributed by atoms with Crippen LogP contribution in [0.25, 0.3) is 0 Å². The number of nitrogens with zero attached hydrogens (tertiary/aromatic N) is 1. The zero-order valence-corrected chi connectivity index (χ0v) is 17.3. The number of hydrogen-bond acceptors (Lipinski definition) is 5. The fraction of sp³-hybridized carbons (Fsp3) is 0.588. The van der Waals surface area contributed by atoms with Gasteiger partial charge >= 0.3 is 0 Å². The molecule has 8 nitrogen and oxygen atoms in total. The van der Waals surface area contributed by atoms with Gasteiger partial charge < -0.3 is 5.32 Å². The molecule has 0 spiro atoms. The summed E-state index contributed by atoms with van der Waals surface area (Å²) in [6, 6.07) is 5.49. The van der Waals surface area contributed by atoms with E-state index in [1.54, 1.807) is 19.1 Å². The van der Waals surface area contributed by atoms with Gasteiger partial charge in [0.2, 0.25) is 26.0 Å². The van der Waals surface area contributed by atoms with Crippen LogP contribution in [0.3, 0.4) is 0 Å². The Kier molecular flexibility index (Phi) is 7.38. The number of sulfonamides is 2. The summed E-state index contributed by atoms with van der Waals surface area (Å²) in [5.41, 5.74) is 0.733. The minimum absolute atomic E-state index is 0.0399. The molecule has 10 heteroatoms. The summed E-state index contributed by atoms with van der Waals surface area (Å²) in [6.45, 7) is 2.38. The quantitative estimate of drug-likeness (QED) is 0.650. The van der Waals surface area contributed by atoms with Crippen molar-refractivity contribution in [3.05, 3.63) is 29.8 Å². The highest BCUT2D eigenvalue weighted by Crippen LogP contribution is 2.21. The zero-order valence-electron chi connectivity index (χ0n) is 15.6. The molecule has 0 bridgehead atoms. The normalized spacial score (nSPS) is 19.0. The van der Waals surface area contributed by atoms with Gasteiger partial charge in [0.15, 0.2) is 0 Å². The monoisotopic (exact) mass is 417 g/mol. The summed E-state index contributed by atoms with van der Waals surface area (Å²) >= 11 is 0. The number of rotatable bonds is 8. The lowest BCUT2D eigenvalue weighted by Gasteiger charge is -2.33. The molecule has 1 heterocycles. The van der Waals surface area contributed by atoms with E-state index < -0.39 is 26.1 Å². The lowest BCUT2D eigenvalue weighted by Crippen LogP contribution is -2.52. The molecular weight excluding hydrogens is 390 g/mol. The summed E-state index contributed by atoms with van der Waals surface area (Å²) in [6.07, 6.45) is 2.59. The van der Waals surface area contributed by atoms with Gasteiger partial charge in [-0.3, -0.25) is 4.79 Å². The Bertz CT molecular complexity index is 851. The summed E-state index contributed by atoms with van der Waals surface area (Å²) in [5, 5.41) is 2.77. The standard InChI is InChI=1S/C17H27N3O5S2/c1-3-12-26(22,23)20-11-5-4-6-16(20)17(21)19-13-14-7-9-15(10-8-14)27(24,25)18-2/h7-10,16,18H,3-6,11-13H2,1-2H3,(H,19,21). The molecule has 0 radical (unpaired) electrons. The third-order valence-electron chi connectivity index (χ3n) is 4.54. The lowest BCUT2D eigenvalue weighted by atomic mass is 10.0. The van der Waals surface area contributed by atoms with E-state index in [2.05, 4.69) is 10.0 Å². The molecule has 0 aliphatic carbocycles. The summed E-state index contributed by atoms with van der Waals surface area (Å²) in [7, 11) is -5.60. The first-order valence-corrected chi connectivity index (χ1v) is 12.1. The fourth-order valence-electron chi connectivity index (χ4n) is 3.09. The predicted molar refractivity (Wildman–Crippen MR) is 103 cm³/mol. The van der Waals surface area contributed by atoms with Crippen LogP contribution in [0.5, 0.6) is 0 Å². The summed E-state index contributed by atoms with van der Waals surface area (Å²) in [5.74, 6) is -0.278. The number of benzene rings is 1. The van der Waals surface area contributed by atoms with Gasteiger partial charge in [0, 0.05) is 13.1 Å². The summed E-state index contributed by atoms with van der Waals surface area (Å²) < 4.78 is 51.9. The van der Waals surface area contributed by atoms with Crippen molar-refractivity contribution in [2.24, 2.45) is 0 Å². The minimum atomic E-state index is -3.50. The molecule has 1 saturated heterocycles. The maximum Gasteiger partial charge on any atom is 0.240 e. The largest absolute Gasteiger partial charge is 0.351 e. The molecule has 1 atom stereocenters. The topological polar surface area (TPSA) is 113 Å².